The maximum atomic E-state index is 12.1. The molecular weight excluding hydrogens is 566 g/mol. The first kappa shape index (κ1) is 36.3. The monoisotopic (exact) mass is 617 g/mol. The zero-order valence-corrected chi connectivity index (χ0v) is 27.5. The van der Waals surface area contributed by atoms with Crippen molar-refractivity contribution in [2.45, 2.75) is 78.7 Å². The first-order valence-corrected chi connectivity index (χ1v) is 17.7. The summed E-state index contributed by atoms with van der Waals surface area (Å²) in [6, 6.07) is 12.7. The quantitative estimate of drug-likeness (QED) is 0.0600. The lowest BCUT2D eigenvalue weighted by Gasteiger charge is -2.28. The van der Waals surface area contributed by atoms with E-state index in [2.05, 4.69) is 12.2 Å². The number of hydrogen-bond donors (Lipinski definition) is 1. The molecule has 10 heteroatoms. The second-order valence-electron chi connectivity index (χ2n) is 10.0. The van der Waals surface area contributed by atoms with Crippen molar-refractivity contribution in [3.8, 4) is 5.75 Å². The van der Waals surface area contributed by atoms with Gasteiger partial charge in [0.2, 0.25) is 0 Å². The van der Waals surface area contributed by atoms with Crippen molar-refractivity contribution in [3.63, 3.8) is 0 Å². The van der Waals surface area contributed by atoms with Gasteiger partial charge < -0.3 is 32.8 Å². The van der Waals surface area contributed by atoms with Gasteiger partial charge >= 0.3 is 20.9 Å². The third-order valence-electron chi connectivity index (χ3n) is 6.55. The van der Waals surface area contributed by atoms with Gasteiger partial charge in [0.15, 0.2) is 0 Å². The standard InChI is InChI=1S/C33H51NO8Si/c1-5-9-22-37-31-19-18-29-26-28(15-17-30(29)27-31)16-20-32(35)38-23-12-10-11-13-24-39-33(36)34-21-14-25-43(40-6-2,41-7-3)42-8-4/h15-20,26-27H,5-14,21-25H2,1-4H3,(H,34,36)/b20-16+. The van der Waals surface area contributed by atoms with Gasteiger partial charge in [0.05, 0.1) is 19.8 Å². The number of esters is 1. The molecule has 0 aliphatic carbocycles. The van der Waals surface area contributed by atoms with Crippen molar-refractivity contribution in [1.82, 2.24) is 5.32 Å². The normalized spacial score (nSPS) is 11.6. The van der Waals surface area contributed by atoms with E-state index in [4.69, 9.17) is 27.5 Å². The number of alkyl carbamates (subject to hydrolysis) is 1. The Bertz CT molecular complexity index is 1090. The Balaban J connectivity index is 1.54. The van der Waals surface area contributed by atoms with Gasteiger partial charge in [-0.05, 0) is 99.9 Å². The van der Waals surface area contributed by atoms with Crippen LogP contribution in [-0.4, -0.2) is 67.1 Å². The smallest absolute Gasteiger partial charge is 0.494 e. The highest BCUT2D eigenvalue weighted by Gasteiger charge is 2.39. The summed E-state index contributed by atoms with van der Waals surface area (Å²) in [5, 5.41) is 4.96. The van der Waals surface area contributed by atoms with Gasteiger partial charge in [-0.1, -0.05) is 31.5 Å². The second kappa shape index (κ2) is 21.7. The fourth-order valence-electron chi connectivity index (χ4n) is 4.43. The van der Waals surface area contributed by atoms with Crippen LogP contribution < -0.4 is 10.1 Å². The minimum absolute atomic E-state index is 0.350. The minimum Gasteiger partial charge on any atom is -0.494 e. The number of ether oxygens (including phenoxy) is 3. The number of unbranched alkanes of at least 4 members (excludes halogenated alkanes) is 4. The van der Waals surface area contributed by atoms with Gasteiger partial charge in [-0.15, -0.1) is 0 Å². The Morgan fingerprint density at radius 1 is 0.744 bits per heavy atom. The Morgan fingerprint density at radius 2 is 1.40 bits per heavy atom. The lowest BCUT2D eigenvalue weighted by Crippen LogP contribution is -2.46. The molecule has 2 rings (SSSR count). The number of carbonyl (C=O) groups excluding carboxylic acids is 2. The van der Waals surface area contributed by atoms with Gasteiger partial charge in [0.1, 0.15) is 5.75 Å². The second-order valence-corrected chi connectivity index (χ2v) is 12.8. The molecule has 43 heavy (non-hydrogen) atoms. The first-order chi connectivity index (χ1) is 20.9. The highest BCUT2D eigenvalue weighted by Crippen LogP contribution is 2.23. The summed E-state index contributed by atoms with van der Waals surface area (Å²) in [6.45, 7) is 11.4. The summed E-state index contributed by atoms with van der Waals surface area (Å²) in [6.07, 6.45) is 8.92. The molecule has 2 aromatic carbocycles. The van der Waals surface area contributed by atoms with E-state index >= 15 is 0 Å². The summed E-state index contributed by atoms with van der Waals surface area (Å²) < 4.78 is 33.8. The summed E-state index contributed by atoms with van der Waals surface area (Å²) in [4.78, 5) is 24.1. The first-order valence-electron chi connectivity index (χ1n) is 15.8. The van der Waals surface area contributed by atoms with E-state index in [1.165, 1.54) is 6.08 Å². The molecule has 0 radical (unpaired) electrons. The van der Waals surface area contributed by atoms with Gasteiger partial charge in [0.25, 0.3) is 0 Å². The van der Waals surface area contributed by atoms with E-state index in [1.807, 2.05) is 57.2 Å². The maximum Gasteiger partial charge on any atom is 0.500 e. The van der Waals surface area contributed by atoms with Crippen LogP contribution >= 0.6 is 0 Å². The summed E-state index contributed by atoms with van der Waals surface area (Å²) in [5.41, 5.74) is 0.935. The molecule has 0 unspecified atom stereocenters. The zero-order valence-electron chi connectivity index (χ0n) is 26.5. The molecule has 0 bridgehead atoms. The van der Waals surface area contributed by atoms with Crippen LogP contribution in [0.2, 0.25) is 6.04 Å². The van der Waals surface area contributed by atoms with Gasteiger partial charge in [-0.2, -0.15) is 0 Å². The third-order valence-corrected chi connectivity index (χ3v) is 9.70. The Kier molecular flexibility index (Phi) is 18.3. The van der Waals surface area contributed by atoms with Crippen molar-refractivity contribution in [2.75, 3.05) is 46.2 Å². The molecule has 0 spiro atoms. The predicted molar refractivity (Wildman–Crippen MR) is 172 cm³/mol. The van der Waals surface area contributed by atoms with Gasteiger partial charge in [-0.3, -0.25) is 0 Å². The zero-order chi connectivity index (χ0) is 31.2. The van der Waals surface area contributed by atoms with Crippen LogP contribution in [0.1, 0.15) is 78.2 Å². The minimum atomic E-state index is -2.69. The van der Waals surface area contributed by atoms with Crippen molar-refractivity contribution >= 4 is 37.7 Å². The van der Waals surface area contributed by atoms with Crippen LogP contribution in [0, 0.1) is 0 Å². The number of rotatable bonds is 23. The van der Waals surface area contributed by atoms with Crippen LogP contribution in [0.3, 0.4) is 0 Å². The topological polar surface area (TPSA) is 102 Å². The van der Waals surface area contributed by atoms with E-state index in [1.54, 1.807) is 6.08 Å². The molecule has 2 aromatic rings. The Labute approximate surface area is 258 Å². The molecule has 0 aromatic heterocycles. The van der Waals surface area contributed by atoms with Crippen LogP contribution in [-0.2, 0) is 27.5 Å². The highest BCUT2D eigenvalue weighted by molar-refractivity contribution is 6.60. The van der Waals surface area contributed by atoms with Crippen molar-refractivity contribution < 1.29 is 37.1 Å². The molecule has 0 saturated carbocycles. The van der Waals surface area contributed by atoms with Gasteiger partial charge in [0, 0.05) is 38.5 Å². The van der Waals surface area contributed by atoms with E-state index in [0.29, 0.717) is 52.0 Å². The number of fused-ring (bicyclic) bond motifs is 1. The average molecular weight is 618 g/mol. The molecule has 0 heterocycles. The van der Waals surface area contributed by atoms with E-state index in [-0.39, 0.29) is 5.97 Å². The largest absolute Gasteiger partial charge is 0.500 e. The van der Waals surface area contributed by atoms with Crippen molar-refractivity contribution in [3.05, 3.63) is 48.0 Å². The van der Waals surface area contributed by atoms with Crippen molar-refractivity contribution in [2.24, 2.45) is 0 Å². The Morgan fingerprint density at radius 3 is 2.07 bits per heavy atom. The summed E-state index contributed by atoms with van der Waals surface area (Å²) in [7, 11) is -2.69. The van der Waals surface area contributed by atoms with Crippen LogP contribution in [0.25, 0.3) is 16.8 Å². The fraction of sp³-hybridized carbons (Fsp3) is 0.576. The van der Waals surface area contributed by atoms with E-state index in [0.717, 1.165) is 67.2 Å². The Hall–Kier alpha value is -2.92. The summed E-state index contributed by atoms with van der Waals surface area (Å²) >= 11 is 0. The summed E-state index contributed by atoms with van der Waals surface area (Å²) in [5.74, 6) is 0.517. The number of carbonyl (C=O) groups is 2. The average Bonchev–Trinajstić information content (AvgIpc) is 3.00. The lowest BCUT2D eigenvalue weighted by molar-refractivity contribution is -0.137. The number of benzene rings is 2. The van der Waals surface area contributed by atoms with Crippen LogP contribution in [0.15, 0.2) is 42.5 Å². The van der Waals surface area contributed by atoms with Crippen LogP contribution in [0.4, 0.5) is 4.79 Å². The molecule has 0 aliphatic rings. The maximum absolute atomic E-state index is 12.1. The molecule has 1 amide bonds. The molecular formula is C33H51NO8Si. The SMILES string of the molecule is CCCCOc1ccc2cc(/C=C/C(=O)OCCCCCCOC(=O)NCCC[Si](OCC)(OCC)OCC)ccc2c1. The molecule has 9 nitrogen and oxygen atoms in total. The molecule has 1 N–H and O–H groups in total. The molecule has 0 aliphatic heterocycles. The molecule has 0 fully saturated rings. The molecule has 240 valence electrons. The third kappa shape index (κ3) is 14.9. The van der Waals surface area contributed by atoms with Crippen LogP contribution in [0.5, 0.6) is 5.75 Å². The number of hydrogen-bond acceptors (Lipinski definition) is 8. The number of nitrogens with one attached hydrogen (secondary N) is 1. The van der Waals surface area contributed by atoms with Crippen molar-refractivity contribution in [1.29, 1.82) is 0 Å². The van der Waals surface area contributed by atoms with E-state index < -0.39 is 14.9 Å². The van der Waals surface area contributed by atoms with Gasteiger partial charge in [-0.25, -0.2) is 9.59 Å². The number of amides is 1. The molecule has 0 saturated heterocycles. The predicted octanol–water partition coefficient (Wildman–Crippen LogP) is 7.30. The fourth-order valence-corrected chi connectivity index (χ4v) is 7.04. The highest BCUT2D eigenvalue weighted by atomic mass is 28.4. The van der Waals surface area contributed by atoms with E-state index in [9.17, 15) is 9.59 Å². The lowest BCUT2D eigenvalue weighted by atomic mass is 10.1. The molecule has 0 atom stereocenters.